The first-order valence-electron chi connectivity index (χ1n) is 21.3. The molecule has 0 aliphatic heterocycles. The van der Waals surface area contributed by atoms with Crippen LogP contribution in [0.2, 0.25) is 0 Å². The fraction of sp³-hybridized carbons (Fsp3) is 0.0169. The Hall–Kier alpha value is -7.71. The summed E-state index contributed by atoms with van der Waals surface area (Å²) >= 11 is 0. The lowest BCUT2D eigenvalue weighted by Crippen LogP contribution is -2.25. The summed E-state index contributed by atoms with van der Waals surface area (Å²) in [5.41, 5.74) is 15.1. The van der Waals surface area contributed by atoms with E-state index in [0.717, 1.165) is 44.3 Å². The lowest BCUT2D eigenvalue weighted by molar-refractivity contribution is 0.415. The lowest BCUT2D eigenvalue weighted by Gasteiger charge is -2.27. The summed E-state index contributed by atoms with van der Waals surface area (Å²) in [6.07, 6.45) is 0. The summed E-state index contributed by atoms with van der Waals surface area (Å²) in [4.78, 5) is 2.25. The highest BCUT2D eigenvalue weighted by atomic mass is 31.2. The molecule has 0 atom stereocenters. The van der Waals surface area contributed by atoms with Crippen molar-refractivity contribution in [1.29, 1.82) is 0 Å². The van der Waals surface area contributed by atoms with Gasteiger partial charge in [0.1, 0.15) is 5.75 Å². The number of nitrogens with zero attached hydrogens (tertiary/aromatic N) is 1. The highest BCUT2D eigenvalue weighted by molar-refractivity contribution is 7.85. The summed E-state index contributed by atoms with van der Waals surface area (Å²) in [7, 11) is -1.46. The number of fused-ring (bicyclic) bond motifs is 3. The van der Waals surface area contributed by atoms with Gasteiger partial charge in [0.05, 0.1) is 7.11 Å². The highest BCUT2D eigenvalue weighted by Gasteiger charge is 2.31. The minimum absolute atomic E-state index is 0.783. The molecule has 0 N–H and O–H groups in total. The van der Waals surface area contributed by atoms with Crippen molar-refractivity contribution in [2.45, 2.75) is 0 Å². The Kier molecular flexibility index (Phi) is 9.68. The number of rotatable bonds is 10. The topological polar surface area (TPSA) is 29.5 Å². The molecule has 300 valence electrons. The maximum atomic E-state index is 15.3. The molecule has 0 aromatic heterocycles. The average molecular weight is 828 g/mol. The molecule has 0 saturated heterocycles. The van der Waals surface area contributed by atoms with Crippen molar-refractivity contribution in [2.75, 3.05) is 12.0 Å². The van der Waals surface area contributed by atoms with Crippen molar-refractivity contribution in [3.05, 3.63) is 237 Å². The molecule has 10 aromatic carbocycles. The maximum absolute atomic E-state index is 15.3. The first kappa shape index (κ1) is 38.2. The van der Waals surface area contributed by atoms with Gasteiger partial charge in [-0.15, -0.1) is 0 Å². The quantitative estimate of drug-likeness (QED) is 0.129. The fourth-order valence-electron chi connectivity index (χ4n) is 9.47. The molecule has 63 heavy (non-hydrogen) atoms. The van der Waals surface area contributed by atoms with E-state index in [-0.39, 0.29) is 0 Å². The van der Waals surface area contributed by atoms with Crippen molar-refractivity contribution < 1.29 is 9.30 Å². The van der Waals surface area contributed by atoms with Crippen LogP contribution in [-0.4, -0.2) is 7.11 Å². The summed E-state index contributed by atoms with van der Waals surface area (Å²) in [6.45, 7) is 0. The van der Waals surface area contributed by atoms with Gasteiger partial charge in [-0.3, -0.25) is 0 Å². The van der Waals surface area contributed by atoms with E-state index < -0.39 is 7.14 Å². The monoisotopic (exact) mass is 827 g/mol. The molecule has 4 heteroatoms. The second-order valence-corrected chi connectivity index (χ2v) is 18.7. The van der Waals surface area contributed by atoms with E-state index in [2.05, 4.69) is 157 Å². The van der Waals surface area contributed by atoms with Crippen LogP contribution in [0.4, 0.5) is 17.1 Å². The van der Waals surface area contributed by atoms with Gasteiger partial charge in [-0.05, 0) is 133 Å². The van der Waals surface area contributed by atoms with E-state index in [4.69, 9.17) is 4.74 Å². The van der Waals surface area contributed by atoms with Gasteiger partial charge in [0.25, 0.3) is 0 Å². The van der Waals surface area contributed by atoms with Gasteiger partial charge in [-0.25, -0.2) is 0 Å². The third-order valence-electron chi connectivity index (χ3n) is 12.4. The predicted molar refractivity (Wildman–Crippen MR) is 265 cm³/mol. The molecule has 11 rings (SSSR count). The second kappa shape index (κ2) is 16.0. The van der Waals surface area contributed by atoms with Crippen LogP contribution in [0.5, 0.6) is 5.75 Å². The highest BCUT2D eigenvalue weighted by Crippen LogP contribution is 2.57. The van der Waals surface area contributed by atoms with Crippen LogP contribution < -0.4 is 25.6 Å². The number of benzene rings is 10. The van der Waals surface area contributed by atoms with Gasteiger partial charge in [0.2, 0.25) is 0 Å². The SMILES string of the molecule is COc1ccc(N(c2ccc(-c3cc(-c4ccccc4)c4c(c3-c3ccccc3)-c3cccc5cccc-4c35)cc2)c2ccc(P(=O)(c3ccccc3)c3ccccc3)cc2)cc1. The van der Waals surface area contributed by atoms with E-state index >= 15 is 4.57 Å². The normalized spacial score (nSPS) is 11.6. The third kappa shape index (κ3) is 6.57. The van der Waals surface area contributed by atoms with E-state index in [9.17, 15) is 0 Å². The molecule has 3 nitrogen and oxygen atoms in total. The first-order chi connectivity index (χ1) is 31.1. The Morgan fingerprint density at radius 2 is 0.794 bits per heavy atom. The van der Waals surface area contributed by atoms with Crippen molar-refractivity contribution in [2.24, 2.45) is 0 Å². The molecule has 0 radical (unpaired) electrons. The maximum Gasteiger partial charge on any atom is 0.171 e. The molecule has 0 fully saturated rings. The molecule has 1 aliphatic rings. The zero-order valence-corrected chi connectivity index (χ0v) is 35.6. The van der Waals surface area contributed by atoms with Gasteiger partial charge >= 0.3 is 0 Å². The first-order valence-corrected chi connectivity index (χ1v) is 23.0. The fourth-order valence-corrected chi connectivity index (χ4v) is 12.1. The molecule has 10 aromatic rings. The molecule has 0 spiro atoms. The van der Waals surface area contributed by atoms with Gasteiger partial charge < -0.3 is 14.2 Å². The van der Waals surface area contributed by atoms with Gasteiger partial charge in [-0.1, -0.05) is 170 Å². The molecule has 0 unspecified atom stereocenters. The summed E-state index contributed by atoms with van der Waals surface area (Å²) in [5, 5.41) is 4.96. The zero-order chi connectivity index (χ0) is 42.3. The standard InChI is InChI=1S/C59H42NO2P/c1-62-48-36-32-46(33-37-48)60(47-34-38-51(39-35-47)63(61,49-22-10-4-11-23-49)50-24-12-5-13-25-50)45-30-28-42(29-31-45)54-40-55(41-16-6-2-7-17-41)58-52-26-14-20-43-21-15-27-53(56(43)52)59(58)57(54)44-18-8-3-9-19-44/h2-40H,1H3. The third-order valence-corrected chi connectivity index (χ3v) is 15.5. The minimum Gasteiger partial charge on any atom is -0.497 e. The second-order valence-electron chi connectivity index (χ2n) is 15.9. The zero-order valence-electron chi connectivity index (χ0n) is 34.7. The number of methoxy groups -OCH3 is 1. The van der Waals surface area contributed by atoms with E-state index in [0.29, 0.717) is 0 Å². The van der Waals surface area contributed by atoms with Crippen LogP contribution in [0.15, 0.2) is 237 Å². The lowest BCUT2D eigenvalue weighted by atomic mass is 9.82. The van der Waals surface area contributed by atoms with Crippen molar-refractivity contribution >= 4 is 50.9 Å². The van der Waals surface area contributed by atoms with Gasteiger partial charge in [0, 0.05) is 33.0 Å². The molecule has 0 bridgehead atoms. The smallest absolute Gasteiger partial charge is 0.171 e. The molecule has 0 saturated carbocycles. The van der Waals surface area contributed by atoms with Gasteiger partial charge in [-0.2, -0.15) is 0 Å². The Morgan fingerprint density at radius 1 is 0.365 bits per heavy atom. The summed E-state index contributed by atoms with van der Waals surface area (Å²) in [5.74, 6) is 0.785. The largest absolute Gasteiger partial charge is 0.497 e. The van der Waals surface area contributed by atoms with Crippen molar-refractivity contribution in [3.63, 3.8) is 0 Å². The van der Waals surface area contributed by atoms with Crippen LogP contribution in [0, 0.1) is 0 Å². The summed E-state index contributed by atoms with van der Waals surface area (Å²) < 4.78 is 20.9. The molecular formula is C59H42NO2P. The predicted octanol–water partition coefficient (Wildman–Crippen LogP) is 14.6. The van der Waals surface area contributed by atoms with Crippen LogP contribution in [0.1, 0.15) is 0 Å². The Morgan fingerprint density at radius 3 is 1.33 bits per heavy atom. The van der Waals surface area contributed by atoms with Crippen LogP contribution in [-0.2, 0) is 4.57 Å². The molecule has 1 aliphatic carbocycles. The summed E-state index contributed by atoms with van der Waals surface area (Å²) in [6, 6.07) is 82.4. The Labute approximate surface area is 368 Å². The van der Waals surface area contributed by atoms with Crippen LogP contribution >= 0.6 is 7.14 Å². The van der Waals surface area contributed by atoms with Crippen LogP contribution in [0.3, 0.4) is 0 Å². The molecule has 0 amide bonds. The number of ether oxygens (including phenoxy) is 1. The van der Waals surface area contributed by atoms with Crippen molar-refractivity contribution in [1.82, 2.24) is 0 Å². The van der Waals surface area contributed by atoms with E-state index in [1.165, 1.54) is 60.8 Å². The van der Waals surface area contributed by atoms with Crippen LogP contribution in [0.25, 0.3) is 66.4 Å². The Bertz CT molecular complexity index is 3250. The van der Waals surface area contributed by atoms with E-state index in [1.807, 2.05) is 84.9 Å². The van der Waals surface area contributed by atoms with Crippen molar-refractivity contribution in [3.8, 4) is 61.4 Å². The van der Waals surface area contributed by atoms with Gasteiger partial charge in [0.15, 0.2) is 7.14 Å². The number of anilines is 3. The average Bonchev–Trinajstić information content (AvgIpc) is 3.70. The molecule has 0 heterocycles. The molecular weight excluding hydrogens is 786 g/mol. The number of hydrogen-bond donors (Lipinski definition) is 0. The minimum atomic E-state index is -3.15. The number of hydrogen-bond acceptors (Lipinski definition) is 3. The Balaban J connectivity index is 1.07. The van der Waals surface area contributed by atoms with E-state index in [1.54, 1.807) is 7.11 Å².